The summed E-state index contributed by atoms with van der Waals surface area (Å²) in [5.74, 6) is 1.89. The molecule has 1 aromatic carbocycles. The second-order valence-electron chi connectivity index (χ2n) is 9.84. The third kappa shape index (κ3) is 6.64. The molecule has 0 bridgehead atoms. The van der Waals surface area contributed by atoms with Crippen LogP contribution in [0.25, 0.3) is 0 Å². The highest BCUT2D eigenvalue weighted by molar-refractivity contribution is 5.92. The van der Waals surface area contributed by atoms with Crippen LogP contribution in [0.4, 0.5) is 5.82 Å². The lowest BCUT2D eigenvalue weighted by molar-refractivity contribution is 0.0838. The number of carbonyl (C=O) groups excluding carboxylic acids is 1. The number of oxazole rings is 1. The van der Waals surface area contributed by atoms with Crippen molar-refractivity contribution in [2.45, 2.75) is 64.3 Å². The van der Waals surface area contributed by atoms with Gasteiger partial charge in [0.25, 0.3) is 5.91 Å². The largest absolute Gasteiger partial charge is 0.486 e. The standard InChI is InChI=1S/C27H34N6O4/c1-18-25(37-17-31-18)15-36-23-7-6-20-13-33(9-8-19(20)10-23)14-22(34)12-28-27(35)24-11-26(30-16-29-24)32-21-4-2-3-5-21/h6-7,10-11,16-17,21-22,34H,2-5,8-9,12-15H2,1H3,(H,28,35)(H,29,30,32). The van der Waals surface area contributed by atoms with Gasteiger partial charge in [0.2, 0.25) is 0 Å². The molecule has 1 saturated carbocycles. The molecule has 3 N–H and O–H groups in total. The Morgan fingerprint density at radius 2 is 2.08 bits per heavy atom. The lowest BCUT2D eigenvalue weighted by Crippen LogP contribution is -2.42. The highest BCUT2D eigenvalue weighted by Crippen LogP contribution is 2.25. The van der Waals surface area contributed by atoms with Crippen LogP contribution in [-0.4, -0.2) is 62.6 Å². The number of nitrogens with zero attached hydrogens (tertiary/aromatic N) is 4. The van der Waals surface area contributed by atoms with Crippen LogP contribution in [-0.2, 0) is 19.6 Å². The molecule has 37 heavy (non-hydrogen) atoms. The van der Waals surface area contributed by atoms with Crippen molar-refractivity contribution in [2.24, 2.45) is 0 Å². The lowest BCUT2D eigenvalue weighted by atomic mass is 9.99. The molecule has 3 aromatic rings. The number of amides is 1. The Balaban J connectivity index is 1.07. The van der Waals surface area contributed by atoms with Crippen LogP contribution < -0.4 is 15.4 Å². The van der Waals surface area contributed by atoms with E-state index >= 15 is 0 Å². The molecule has 1 aliphatic carbocycles. The van der Waals surface area contributed by atoms with Gasteiger partial charge >= 0.3 is 0 Å². The Hall–Kier alpha value is -3.50. The summed E-state index contributed by atoms with van der Waals surface area (Å²) in [5, 5.41) is 16.8. The van der Waals surface area contributed by atoms with Gasteiger partial charge in [-0.3, -0.25) is 9.69 Å². The van der Waals surface area contributed by atoms with Crippen molar-refractivity contribution in [1.82, 2.24) is 25.2 Å². The van der Waals surface area contributed by atoms with Crippen LogP contribution in [0.15, 0.2) is 41.4 Å². The van der Waals surface area contributed by atoms with E-state index in [1.54, 1.807) is 6.07 Å². The van der Waals surface area contributed by atoms with E-state index in [0.29, 0.717) is 30.7 Å². The first-order valence-electron chi connectivity index (χ1n) is 12.9. The lowest BCUT2D eigenvalue weighted by Gasteiger charge is -2.30. The van der Waals surface area contributed by atoms with Crippen molar-refractivity contribution in [1.29, 1.82) is 0 Å². The zero-order valence-electron chi connectivity index (χ0n) is 21.2. The number of aryl methyl sites for hydroxylation is 1. The van der Waals surface area contributed by atoms with Gasteiger partial charge in [-0.2, -0.15) is 0 Å². The Morgan fingerprint density at radius 1 is 1.22 bits per heavy atom. The van der Waals surface area contributed by atoms with E-state index in [1.165, 1.54) is 36.7 Å². The number of hydrogen-bond acceptors (Lipinski definition) is 9. The summed E-state index contributed by atoms with van der Waals surface area (Å²) in [6.45, 7) is 4.44. The van der Waals surface area contributed by atoms with Crippen LogP contribution >= 0.6 is 0 Å². The molecule has 1 aliphatic heterocycles. The van der Waals surface area contributed by atoms with Crippen LogP contribution in [0.2, 0.25) is 0 Å². The molecule has 10 heteroatoms. The number of nitrogens with one attached hydrogen (secondary N) is 2. The minimum Gasteiger partial charge on any atom is -0.486 e. The van der Waals surface area contributed by atoms with Gasteiger partial charge in [0.1, 0.15) is 30.2 Å². The molecule has 1 amide bonds. The van der Waals surface area contributed by atoms with Crippen LogP contribution in [0.5, 0.6) is 5.75 Å². The molecule has 1 unspecified atom stereocenters. The summed E-state index contributed by atoms with van der Waals surface area (Å²) >= 11 is 0. The van der Waals surface area contributed by atoms with Gasteiger partial charge in [0.15, 0.2) is 12.2 Å². The maximum absolute atomic E-state index is 12.6. The monoisotopic (exact) mass is 506 g/mol. The van der Waals surface area contributed by atoms with Crippen molar-refractivity contribution in [3.05, 3.63) is 65.3 Å². The Labute approximate surface area is 216 Å². The predicted molar refractivity (Wildman–Crippen MR) is 137 cm³/mol. The van der Waals surface area contributed by atoms with E-state index in [4.69, 9.17) is 9.15 Å². The molecule has 2 aliphatic rings. The van der Waals surface area contributed by atoms with Crippen molar-refractivity contribution < 1.29 is 19.1 Å². The minimum atomic E-state index is -0.684. The molecular weight excluding hydrogens is 472 g/mol. The third-order valence-corrected chi connectivity index (χ3v) is 7.06. The number of fused-ring (bicyclic) bond motifs is 1. The van der Waals surface area contributed by atoms with E-state index < -0.39 is 6.10 Å². The predicted octanol–water partition coefficient (Wildman–Crippen LogP) is 2.86. The number of ether oxygens (including phenoxy) is 1. The van der Waals surface area contributed by atoms with Gasteiger partial charge < -0.3 is 24.9 Å². The fourth-order valence-electron chi connectivity index (χ4n) is 4.95. The average molecular weight is 507 g/mol. The number of aromatic nitrogens is 3. The smallest absolute Gasteiger partial charge is 0.270 e. The first kappa shape index (κ1) is 25.2. The number of anilines is 1. The van der Waals surface area contributed by atoms with E-state index in [0.717, 1.165) is 49.6 Å². The number of benzene rings is 1. The quantitative estimate of drug-likeness (QED) is 0.380. The fraction of sp³-hybridized carbons (Fsp3) is 0.481. The summed E-state index contributed by atoms with van der Waals surface area (Å²) in [6.07, 6.45) is 7.69. The first-order chi connectivity index (χ1) is 18.0. The molecule has 196 valence electrons. The molecule has 10 nitrogen and oxygen atoms in total. The number of β-amino-alcohol motifs (C(OH)–C–C–N with tert-alkyl or cyclic N) is 1. The number of hydrogen-bond donors (Lipinski definition) is 3. The summed E-state index contributed by atoms with van der Waals surface area (Å²) in [5.41, 5.74) is 3.60. The molecule has 0 spiro atoms. The van der Waals surface area contributed by atoms with E-state index in [1.807, 2.05) is 13.0 Å². The normalized spacial score (nSPS) is 16.8. The summed E-state index contributed by atoms with van der Waals surface area (Å²) < 4.78 is 11.2. The van der Waals surface area contributed by atoms with Crippen LogP contribution in [0.3, 0.4) is 0 Å². The topological polar surface area (TPSA) is 126 Å². The van der Waals surface area contributed by atoms with Crippen molar-refractivity contribution in [3.63, 3.8) is 0 Å². The first-order valence-corrected chi connectivity index (χ1v) is 12.9. The van der Waals surface area contributed by atoms with Gasteiger partial charge in [-0.05, 0) is 49.4 Å². The van der Waals surface area contributed by atoms with E-state index in [9.17, 15) is 9.90 Å². The van der Waals surface area contributed by atoms with Gasteiger partial charge in [0, 0.05) is 38.3 Å². The molecule has 0 saturated heterocycles. The molecule has 3 heterocycles. The highest BCUT2D eigenvalue weighted by atomic mass is 16.5. The van der Waals surface area contributed by atoms with E-state index in [-0.39, 0.29) is 12.5 Å². The molecule has 0 radical (unpaired) electrons. The van der Waals surface area contributed by atoms with Crippen molar-refractivity contribution in [2.75, 3.05) is 25.0 Å². The van der Waals surface area contributed by atoms with Crippen LogP contribution in [0.1, 0.15) is 58.8 Å². The van der Waals surface area contributed by atoms with E-state index in [2.05, 4.69) is 42.6 Å². The molecule has 1 atom stereocenters. The Kier molecular flexibility index (Phi) is 7.96. The SMILES string of the molecule is Cc1ncoc1COc1ccc2c(c1)CCN(CC(O)CNC(=O)c1cc(NC3CCCC3)ncn1)C2. The molecule has 5 rings (SSSR count). The number of aliphatic hydroxyl groups is 1. The Morgan fingerprint density at radius 3 is 2.89 bits per heavy atom. The molecule has 1 fully saturated rings. The average Bonchev–Trinajstić information content (AvgIpc) is 3.57. The summed E-state index contributed by atoms with van der Waals surface area (Å²) in [4.78, 5) is 27.2. The van der Waals surface area contributed by atoms with Crippen molar-refractivity contribution in [3.8, 4) is 5.75 Å². The summed E-state index contributed by atoms with van der Waals surface area (Å²) in [7, 11) is 0. The second-order valence-corrected chi connectivity index (χ2v) is 9.84. The van der Waals surface area contributed by atoms with Gasteiger partial charge in [0.05, 0.1) is 11.8 Å². The fourth-order valence-corrected chi connectivity index (χ4v) is 4.95. The molecule has 2 aromatic heterocycles. The Bertz CT molecular complexity index is 1210. The summed E-state index contributed by atoms with van der Waals surface area (Å²) in [6, 6.07) is 8.19. The maximum atomic E-state index is 12.6. The number of aliphatic hydroxyl groups excluding tert-OH is 1. The minimum absolute atomic E-state index is 0.158. The highest BCUT2D eigenvalue weighted by Gasteiger charge is 2.21. The van der Waals surface area contributed by atoms with Gasteiger partial charge in [-0.25, -0.2) is 15.0 Å². The zero-order valence-corrected chi connectivity index (χ0v) is 21.2. The van der Waals surface area contributed by atoms with Gasteiger partial charge in [-0.1, -0.05) is 18.9 Å². The van der Waals surface area contributed by atoms with Crippen molar-refractivity contribution >= 4 is 11.7 Å². The maximum Gasteiger partial charge on any atom is 0.270 e. The number of carbonyl (C=O) groups is 1. The van der Waals surface area contributed by atoms with Gasteiger partial charge in [-0.15, -0.1) is 0 Å². The number of rotatable bonds is 10. The van der Waals surface area contributed by atoms with Crippen LogP contribution in [0, 0.1) is 6.92 Å². The zero-order chi connectivity index (χ0) is 25.6. The second kappa shape index (κ2) is 11.7. The third-order valence-electron chi connectivity index (χ3n) is 7.06. The molecular formula is C27H34N6O4.